The molecule has 214 valence electrons. The molecule has 6 atom stereocenters. The number of carbonyl (C=O) groups is 1. The molecule has 1 amide bonds. The van der Waals surface area contributed by atoms with Crippen LogP contribution in [0, 0.1) is 28.6 Å². The maximum Gasteiger partial charge on any atom is 0.207 e. The molecule has 3 aliphatic carbocycles. The minimum atomic E-state index is 0.120. The first kappa shape index (κ1) is 28.4. The van der Waals surface area contributed by atoms with Gasteiger partial charge < -0.3 is 20.4 Å². The molecule has 6 unspecified atom stereocenters. The summed E-state index contributed by atoms with van der Waals surface area (Å²) in [6, 6.07) is 7.42. The van der Waals surface area contributed by atoms with Gasteiger partial charge in [0, 0.05) is 23.7 Å². The Morgan fingerprint density at radius 2 is 2.08 bits per heavy atom. The van der Waals surface area contributed by atoms with Crippen LogP contribution in [0.3, 0.4) is 0 Å². The van der Waals surface area contributed by atoms with Gasteiger partial charge >= 0.3 is 0 Å². The number of benzene rings is 1. The van der Waals surface area contributed by atoms with E-state index in [4.69, 9.17) is 10.1 Å². The molecule has 1 aromatic carbocycles. The summed E-state index contributed by atoms with van der Waals surface area (Å²) in [7, 11) is 0. The number of piperidine rings is 1. The molecule has 5 heteroatoms. The molecule has 0 bridgehead atoms. The SMILES string of the molecule is C=C(C)CCC1Cc2cc(OCCC(CCNC=O)N3CCCCC3)ccc2C2CCC3(C)C(=N)CCC3C12. The van der Waals surface area contributed by atoms with E-state index in [1.165, 1.54) is 56.1 Å². The summed E-state index contributed by atoms with van der Waals surface area (Å²) in [6.07, 6.45) is 14.7. The van der Waals surface area contributed by atoms with E-state index in [1.807, 2.05) is 0 Å². The van der Waals surface area contributed by atoms with Gasteiger partial charge in [-0.05, 0) is 138 Å². The highest BCUT2D eigenvalue weighted by molar-refractivity contribution is 5.89. The van der Waals surface area contributed by atoms with Crippen LogP contribution in [0.5, 0.6) is 5.75 Å². The Bertz CT molecular complexity index is 1030. The van der Waals surface area contributed by atoms with Crippen LogP contribution in [0.4, 0.5) is 0 Å². The molecular formula is C34H51N3O2. The third kappa shape index (κ3) is 6.14. The Hall–Kier alpha value is -2.14. The normalized spacial score (nSPS) is 31.1. The number of hydrogen-bond acceptors (Lipinski definition) is 4. The number of hydrogen-bond donors (Lipinski definition) is 2. The molecule has 1 aliphatic heterocycles. The highest BCUT2D eigenvalue weighted by Crippen LogP contribution is 2.61. The standard InChI is InChI=1S/C34H51N3O2/c1-24(2)7-8-25-21-26-22-28(39-20-15-27(14-17-36-23-38)37-18-5-4-6-19-37)9-10-29(26)30-13-16-34(3)31(33(25)30)11-12-32(34)35/h9-10,22-23,25,27,30-31,33,35H,1,4-8,11-21H2,2-3H3,(H,36,38). The topological polar surface area (TPSA) is 65.4 Å². The summed E-state index contributed by atoms with van der Waals surface area (Å²) in [5.41, 5.74) is 5.49. The summed E-state index contributed by atoms with van der Waals surface area (Å²) in [5.74, 6) is 3.64. The summed E-state index contributed by atoms with van der Waals surface area (Å²) < 4.78 is 6.41. The number of nitrogens with one attached hydrogen (secondary N) is 2. The van der Waals surface area contributed by atoms with Crippen LogP contribution in [0.15, 0.2) is 30.4 Å². The van der Waals surface area contributed by atoms with Gasteiger partial charge in [-0.3, -0.25) is 4.79 Å². The highest BCUT2D eigenvalue weighted by atomic mass is 16.5. The Kier molecular flexibility index (Phi) is 9.16. The minimum absolute atomic E-state index is 0.120. The first-order valence-corrected chi connectivity index (χ1v) is 15.8. The number of allylic oxidation sites excluding steroid dienone is 1. The van der Waals surface area contributed by atoms with Gasteiger partial charge in [0.25, 0.3) is 0 Å². The van der Waals surface area contributed by atoms with Crippen molar-refractivity contribution >= 4 is 12.1 Å². The molecule has 1 saturated heterocycles. The van der Waals surface area contributed by atoms with E-state index in [0.717, 1.165) is 69.6 Å². The number of likely N-dealkylation sites (tertiary alicyclic amines) is 1. The lowest BCUT2D eigenvalue weighted by molar-refractivity contribution is -0.109. The molecule has 39 heavy (non-hydrogen) atoms. The zero-order valence-corrected chi connectivity index (χ0v) is 24.5. The van der Waals surface area contributed by atoms with Crippen LogP contribution in [-0.4, -0.2) is 49.3 Å². The smallest absolute Gasteiger partial charge is 0.207 e. The van der Waals surface area contributed by atoms with Gasteiger partial charge in [0.15, 0.2) is 0 Å². The Balaban J connectivity index is 1.28. The molecule has 5 rings (SSSR count). The summed E-state index contributed by atoms with van der Waals surface area (Å²) >= 11 is 0. The highest BCUT2D eigenvalue weighted by Gasteiger charge is 2.55. The van der Waals surface area contributed by atoms with Crippen LogP contribution >= 0.6 is 0 Å². The first-order valence-electron chi connectivity index (χ1n) is 15.8. The molecule has 1 aromatic rings. The molecule has 4 aliphatic rings. The number of nitrogens with zero attached hydrogens (tertiary/aromatic N) is 1. The quantitative estimate of drug-likeness (QED) is 0.174. The maximum atomic E-state index is 10.8. The van der Waals surface area contributed by atoms with Gasteiger partial charge in [0.2, 0.25) is 6.41 Å². The van der Waals surface area contributed by atoms with Crippen molar-refractivity contribution in [3.8, 4) is 5.75 Å². The first-order chi connectivity index (χ1) is 18.9. The maximum absolute atomic E-state index is 10.8. The van der Waals surface area contributed by atoms with Gasteiger partial charge in [-0.1, -0.05) is 25.0 Å². The predicted octanol–water partition coefficient (Wildman–Crippen LogP) is 6.90. The van der Waals surface area contributed by atoms with Crippen LogP contribution in [-0.2, 0) is 11.2 Å². The third-order valence-corrected chi connectivity index (χ3v) is 10.9. The molecule has 5 nitrogen and oxygen atoms in total. The molecule has 3 fully saturated rings. The van der Waals surface area contributed by atoms with Crippen LogP contribution < -0.4 is 10.1 Å². The number of ether oxygens (including phenoxy) is 1. The monoisotopic (exact) mass is 533 g/mol. The van der Waals surface area contributed by atoms with E-state index < -0.39 is 0 Å². The predicted molar refractivity (Wildman–Crippen MR) is 160 cm³/mol. The molecule has 0 radical (unpaired) electrons. The second-order valence-corrected chi connectivity index (χ2v) is 13.3. The Labute approximate surface area is 236 Å². The molecular weight excluding hydrogens is 482 g/mol. The molecule has 1 heterocycles. The van der Waals surface area contributed by atoms with Gasteiger partial charge in [-0.15, -0.1) is 6.58 Å². The fourth-order valence-electron chi connectivity index (χ4n) is 8.80. The van der Waals surface area contributed by atoms with Crippen LogP contribution in [0.2, 0.25) is 0 Å². The van der Waals surface area contributed by atoms with Crippen molar-refractivity contribution in [1.29, 1.82) is 5.41 Å². The van der Waals surface area contributed by atoms with E-state index in [2.05, 4.69) is 48.8 Å². The summed E-state index contributed by atoms with van der Waals surface area (Å²) in [5, 5.41) is 11.6. The zero-order chi connectivity index (χ0) is 27.4. The van der Waals surface area contributed by atoms with Crippen LogP contribution in [0.25, 0.3) is 0 Å². The van der Waals surface area contributed by atoms with Crippen LogP contribution in [0.1, 0.15) is 102 Å². The van der Waals surface area contributed by atoms with E-state index in [9.17, 15) is 4.79 Å². The van der Waals surface area contributed by atoms with Crippen molar-refractivity contribution in [2.75, 3.05) is 26.2 Å². The van der Waals surface area contributed by atoms with Gasteiger partial charge in [-0.2, -0.15) is 0 Å². The number of carbonyl (C=O) groups excluding carboxylic acids is 1. The zero-order valence-electron chi connectivity index (χ0n) is 24.5. The Morgan fingerprint density at radius 1 is 1.26 bits per heavy atom. The third-order valence-electron chi connectivity index (χ3n) is 10.9. The second-order valence-electron chi connectivity index (χ2n) is 13.3. The largest absolute Gasteiger partial charge is 0.494 e. The molecule has 0 aromatic heterocycles. The molecule has 0 spiro atoms. The van der Waals surface area contributed by atoms with E-state index in [1.54, 1.807) is 5.56 Å². The number of rotatable bonds is 12. The van der Waals surface area contributed by atoms with Crippen molar-refractivity contribution in [2.45, 2.75) is 103 Å². The summed E-state index contributed by atoms with van der Waals surface area (Å²) in [6.45, 7) is 12.6. The lowest BCUT2D eigenvalue weighted by Gasteiger charge is -2.52. The minimum Gasteiger partial charge on any atom is -0.494 e. The van der Waals surface area contributed by atoms with Crippen molar-refractivity contribution in [2.24, 2.45) is 23.2 Å². The summed E-state index contributed by atoms with van der Waals surface area (Å²) in [4.78, 5) is 13.4. The lowest BCUT2D eigenvalue weighted by atomic mass is 9.52. The average Bonchev–Trinajstić information content (AvgIpc) is 3.25. The Morgan fingerprint density at radius 3 is 2.85 bits per heavy atom. The van der Waals surface area contributed by atoms with E-state index in [0.29, 0.717) is 36.3 Å². The van der Waals surface area contributed by atoms with E-state index >= 15 is 0 Å². The van der Waals surface area contributed by atoms with Crippen molar-refractivity contribution in [3.63, 3.8) is 0 Å². The van der Waals surface area contributed by atoms with Crippen molar-refractivity contribution in [3.05, 3.63) is 41.5 Å². The van der Waals surface area contributed by atoms with E-state index in [-0.39, 0.29) is 5.41 Å². The number of amides is 1. The van der Waals surface area contributed by atoms with Crippen molar-refractivity contribution < 1.29 is 9.53 Å². The van der Waals surface area contributed by atoms with Gasteiger partial charge in [0.1, 0.15) is 5.75 Å². The molecule has 2 saturated carbocycles. The number of fused-ring (bicyclic) bond motifs is 5. The van der Waals surface area contributed by atoms with Gasteiger partial charge in [0.05, 0.1) is 6.61 Å². The van der Waals surface area contributed by atoms with Crippen molar-refractivity contribution in [1.82, 2.24) is 10.2 Å². The second kappa shape index (κ2) is 12.6. The fourth-order valence-corrected chi connectivity index (χ4v) is 8.80. The molecule has 2 N–H and O–H groups in total. The lowest BCUT2D eigenvalue weighted by Crippen LogP contribution is -2.46. The fraction of sp³-hybridized carbons (Fsp3) is 0.706. The average molecular weight is 534 g/mol. The van der Waals surface area contributed by atoms with Gasteiger partial charge in [-0.25, -0.2) is 0 Å².